The van der Waals surface area contributed by atoms with Crippen LogP contribution in [0.25, 0.3) is 0 Å². The molecule has 1 unspecified atom stereocenters. The van der Waals surface area contributed by atoms with Crippen LogP contribution in [0.5, 0.6) is 0 Å². The van der Waals surface area contributed by atoms with Crippen molar-refractivity contribution in [2.45, 2.75) is 6.92 Å². The van der Waals surface area contributed by atoms with Gasteiger partial charge in [0.1, 0.15) is 5.92 Å². The molecule has 1 N–H and O–H groups in total. The summed E-state index contributed by atoms with van der Waals surface area (Å²) < 4.78 is 0. The van der Waals surface area contributed by atoms with Crippen LogP contribution in [-0.4, -0.2) is 35.2 Å². The van der Waals surface area contributed by atoms with Crippen molar-refractivity contribution in [2.24, 2.45) is 11.0 Å². The first-order valence-electron chi connectivity index (χ1n) is 8.42. The molecule has 3 rings (SSSR count). The van der Waals surface area contributed by atoms with E-state index in [4.69, 9.17) is 5.41 Å². The molecule has 26 heavy (non-hydrogen) atoms. The van der Waals surface area contributed by atoms with Crippen LogP contribution in [-0.2, 0) is 9.59 Å². The number of amides is 1. The summed E-state index contributed by atoms with van der Waals surface area (Å²) in [5.41, 5.74) is 2.32. The van der Waals surface area contributed by atoms with Crippen LogP contribution in [0.3, 0.4) is 0 Å². The van der Waals surface area contributed by atoms with E-state index in [2.05, 4.69) is 5.10 Å². The average Bonchev–Trinajstić information content (AvgIpc) is 3.02. The van der Waals surface area contributed by atoms with Crippen molar-refractivity contribution >= 4 is 23.6 Å². The first-order valence-corrected chi connectivity index (χ1v) is 8.42. The first-order chi connectivity index (χ1) is 12.7. The number of aldehydes is 1. The van der Waals surface area contributed by atoms with Crippen molar-refractivity contribution in [3.63, 3.8) is 0 Å². The summed E-state index contributed by atoms with van der Waals surface area (Å²) in [6, 6.07) is 18.4. The number of nitrogens with one attached hydrogen (secondary N) is 1. The van der Waals surface area contributed by atoms with Crippen molar-refractivity contribution in [3.05, 3.63) is 83.4 Å². The van der Waals surface area contributed by atoms with Crippen LogP contribution >= 0.6 is 0 Å². The molecular weight excluding hydrogens is 326 g/mol. The molecule has 0 spiro atoms. The van der Waals surface area contributed by atoms with Crippen LogP contribution in [0.2, 0.25) is 0 Å². The number of hydrazone groups is 1. The molecule has 1 amide bonds. The van der Waals surface area contributed by atoms with E-state index in [1.165, 1.54) is 5.01 Å². The Morgan fingerprint density at radius 2 is 1.73 bits per heavy atom. The number of rotatable bonds is 6. The standard InChI is InChI=1S/C21H19N3O2/c1-2-24-21(26)18(20(23-24)16-11-7-4-8-12-16)13-17(14-25)19(22)15-9-5-3-6-10-15/h3-14,18,22H,2H2,1H3/b17-13+,22-19?. The first kappa shape index (κ1) is 17.5. The predicted octanol–water partition coefficient (Wildman–Crippen LogP) is 3.06. The quantitative estimate of drug-likeness (QED) is 0.496. The summed E-state index contributed by atoms with van der Waals surface area (Å²) in [5.74, 6) is -0.867. The minimum Gasteiger partial charge on any atom is -0.300 e. The molecule has 1 heterocycles. The Balaban J connectivity index is 2.00. The molecule has 0 saturated carbocycles. The Morgan fingerprint density at radius 3 is 2.31 bits per heavy atom. The highest BCUT2D eigenvalue weighted by Crippen LogP contribution is 2.24. The Labute approximate surface area is 152 Å². The summed E-state index contributed by atoms with van der Waals surface area (Å²) in [6.07, 6.45) is 2.17. The van der Waals surface area contributed by atoms with Gasteiger partial charge in [-0.2, -0.15) is 5.10 Å². The third-order valence-electron chi connectivity index (χ3n) is 4.24. The lowest BCUT2D eigenvalue weighted by molar-refractivity contribution is -0.130. The van der Waals surface area contributed by atoms with Crippen molar-refractivity contribution in [1.82, 2.24) is 5.01 Å². The zero-order valence-electron chi connectivity index (χ0n) is 14.4. The van der Waals surface area contributed by atoms with E-state index in [0.717, 1.165) is 5.56 Å². The molecule has 0 aliphatic carbocycles. The summed E-state index contributed by atoms with van der Waals surface area (Å²) in [6.45, 7) is 2.30. The molecule has 130 valence electrons. The molecule has 0 bridgehead atoms. The molecule has 2 aromatic rings. The van der Waals surface area contributed by atoms with Gasteiger partial charge in [0.25, 0.3) is 5.91 Å². The lowest BCUT2D eigenvalue weighted by atomic mass is 9.92. The smallest absolute Gasteiger partial charge is 0.255 e. The molecular formula is C21H19N3O2. The minimum absolute atomic E-state index is 0.0933. The number of nitrogens with zero attached hydrogens (tertiary/aromatic N) is 2. The van der Waals surface area contributed by atoms with Gasteiger partial charge in [0.05, 0.1) is 11.4 Å². The van der Waals surface area contributed by atoms with Gasteiger partial charge in [-0.05, 0) is 12.5 Å². The number of carbonyl (C=O) groups is 2. The van der Waals surface area contributed by atoms with Gasteiger partial charge in [-0.1, -0.05) is 66.7 Å². The van der Waals surface area contributed by atoms with Gasteiger partial charge in [0.2, 0.25) is 0 Å². The van der Waals surface area contributed by atoms with Crippen molar-refractivity contribution < 1.29 is 9.59 Å². The fraction of sp³-hybridized carbons (Fsp3) is 0.143. The summed E-state index contributed by atoms with van der Waals surface area (Å²) in [4.78, 5) is 24.3. The van der Waals surface area contributed by atoms with E-state index in [9.17, 15) is 9.59 Å². The molecule has 1 aliphatic rings. The van der Waals surface area contributed by atoms with Gasteiger partial charge in [-0.3, -0.25) is 15.0 Å². The van der Waals surface area contributed by atoms with Gasteiger partial charge >= 0.3 is 0 Å². The third-order valence-corrected chi connectivity index (χ3v) is 4.24. The summed E-state index contributed by atoms with van der Waals surface area (Å²) >= 11 is 0. The van der Waals surface area contributed by atoms with Gasteiger partial charge in [-0.25, -0.2) is 5.01 Å². The maximum absolute atomic E-state index is 12.7. The molecule has 0 aromatic heterocycles. The van der Waals surface area contributed by atoms with Crippen LogP contribution in [0.1, 0.15) is 18.1 Å². The largest absolute Gasteiger partial charge is 0.300 e. The molecule has 2 aromatic carbocycles. The van der Waals surface area contributed by atoms with E-state index in [-0.39, 0.29) is 17.2 Å². The molecule has 5 heteroatoms. The van der Waals surface area contributed by atoms with Crippen molar-refractivity contribution in [3.8, 4) is 0 Å². The summed E-state index contributed by atoms with van der Waals surface area (Å²) in [5, 5.41) is 14.1. The molecule has 1 aliphatic heterocycles. The molecule has 1 atom stereocenters. The van der Waals surface area contributed by atoms with Gasteiger partial charge in [0, 0.05) is 17.7 Å². The number of carbonyl (C=O) groups excluding carboxylic acids is 2. The maximum Gasteiger partial charge on any atom is 0.255 e. The second-order valence-electron chi connectivity index (χ2n) is 5.86. The number of allylic oxidation sites excluding steroid dienone is 1. The molecule has 0 radical (unpaired) electrons. The Morgan fingerprint density at radius 1 is 1.12 bits per heavy atom. The van der Waals surface area contributed by atoms with E-state index in [0.29, 0.717) is 24.1 Å². The minimum atomic E-state index is -0.679. The normalized spacial score (nSPS) is 17.2. The zero-order valence-corrected chi connectivity index (χ0v) is 14.4. The van der Waals surface area contributed by atoms with Crippen molar-refractivity contribution in [1.29, 1.82) is 5.41 Å². The topological polar surface area (TPSA) is 73.6 Å². The third kappa shape index (κ3) is 3.37. The Kier molecular flexibility index (Phi) is 5.17. The van der Waals surface area contributed by atoms with Gasteiger partial charge in [-0.15, -0.1) is 0 Å². The lowest BCUT2D eigenvalue weighted by Gasteiger charge is -2.11. The molecule has 5 nitrogen and oxygen atoms in total. The van der Waals surface area contributed by atoms with E-state index >= 15 is 0 Å². The van der Waals surface area contributed by atoms with Gasteiger partial charge in [0.15, 0.2) is 6.29 Å². The van der Waals surface area contributed by atoms with Crippen LogP contribution in [0, 0.1) is 11.3 Å². The lowest BCUT2D eigenvalue weighted by Crippen LogP contribution is -2.27. The average molecular weight is 345 g/mol. The highest BCUT2D eigenvalue weighted by Gasteiger charge is 2.34. The fourth-order valence-electron chi connectivity index (χ4n) is 2.87. The zero-order chi connectivity index (χ0) is 18.5. The SMILES string of the molecule is CCN1N=C(c2ccccc2)C(/C=C(\C=O)C(=N)c2ccccc2)C1=O. The monoisotopic (exact) mass is 345 g/mol. The second-order valence-corrected chi connectivity index (χ2v) is 5.86. The van der Waals surface area contributed by atoms with E-state index in [1.807, 2.05) is 55.5 Å². The Bertz CT molecular complexity index is 886. The molecule has 0 saturated heterocycles. The van der Waals surface area contributed by atoms with Crippen LogP contribution < -0.4 is 0 Å². The summed E-state index contributed by atoms with van der Waals surface area (Å²) in [7, 11) is 0. The highest BCUT2D eigenvalue weighted by molar-refractivity contribution is 6.24. The van der Waals surface area contributed by atoms with Crippen LogP contribution in [0.4, 0.5) is 0 Å². The number of benzene rings is 2. The highest BCUT2D eigenvalue weighted by atomic mass is 16.2. The van der Waals surface area contributed by atoms with E-state index in [1.54, 1.807) is 18.2 Å². The Hall–Kier alpha value is -3.34. The van der Waals surface area contributed by atoms with Gasteiger partial charge < -0.3 is 0 Å². The van der Waals surface area contributed by atoms with Crippen LogP contribution in [0.15, 0.2) is 77.4 Å². The maximum atomic E-state index is 12.7. The molecule has 0 fully saturated rings. The number of hydrogen-bond acceptors (Lipinski definition) is 4. The van der Waals surface area contributed by atoms with E-state index < -0.39 is 5.92 Å². The predicted molar refractivity (Wildman–Crippen MR) is 101 cm³/mol. The fourth-order valence-corrected chi connectivity index (χ4v) is 2.87. The number of hydrogen-bond donors (Lipinski definition) is 1. The second kappa shape index (κ2) is 7.70. The van der Waals surface area contributed by atoms with Crippen molar-refractivity contribution in [2.75, 3.05) is 6.54 Å².